The van der Waals surface area contributed by atoms with Gasteiger partial charge in [0.2, 0.25) is 0 Å². The zero-order valence-corrected chi connectivity index (χ0v) is 16.0. The molecule has 0 bridgehead atoms. The Balaban J connectivity index is 1.63. The molecule has 28 heavy (non-hydrogen) atoms. The minimum absolute atomic E-state index is 0.119. The Labute approximate surface area is 165 Å². The zero-order chi connectivity index (χ0) is 19.1. The van der Waals surface area contributed by atoms with Gasteiger partial charge in [0, 0.05) is 41.6 Å². The van der Waals surface area contributed by atoms with Crippen molar-refractivity contribution in [3.05, 3.63) is 96.6 Å². The monoisotopic (exact) mass is 363 g/mol. The molecule has 1 aliphatic rings. The normalized spacial score (nSPS) is 13.9. The highest BCUT2D eigenvalue weighted by atomic mass is 14.9. The van der Waals surface area contributed by atoms with Gasteiger partial charge in [-0.25, -0.2) is 0 Å². The van der Waals surface area contributed by atoms with Gasteiger partial charge < -0.3 is 5.32 Å². The Kier molecular flexibility index (Phi) is 3.76. The molecule has 2 aromatic heterocycles. The van der Waals surface area contributed by atoms with Crippen molar-refractivity contribution in [1.82, 2.24) is 9.97 Å². The molecule has 0 unspecified atom stereocenters. The molecule has 0 amide bonds. The highest BCUT2D eigenvalue weighted by molar-refractivity contribution is 5.81. The summed E-state index contributed by atoms with van der Waals surface area (Å²) in [5, 5.41) is 3.62. The van der Waals surface area contributed by atoms with Gasteiger partial charge >= 0.3 is 0 Å². The van der Waals surface area contributed by atoms with Crippen molar-refractivity contribution in [3.63, 3.8) is 0 Å². The van der Waals surface area contributed by atoms with E-state index in [4.69, 9.17) is 0 Å². The van der Waals surface area contributed by atoms with Crippen molar-refractivity contribution in [2.24, 2.45) is 0 Å². The summed E-state index contributed by atoms with van der Waals surface area (Å²) in [5.74, 6) is 0. The van der Waals surface area contributed by atoms with E-state index < -0.39 is 0 Å². The van der Waals surface area contributed by atoms with Crippen molar-refractivity contribution in [2.75, 3.05) is 5.32 Å². The molecule has 0 atom stereocenters. The van der Waals surface area contributed by atoms with Gasteiger partial charge in [-0.15, -0.1) is 0 Å². The number of benzene rings is 2. The smallest absolute Gasteiger partial charge is 0.0426 e. The van der Waals surface area contributed by atoms with Crippen molar-refractivity contribution in [1.29, 1.82) is 0 Å². The first kappa shape index (κ1) is 16.7. The second kappa shape index (κ2) is 6.31. The summed E-state index contributed by atoms with van der Waals surface area (Å²) in [6.45, 7) is 4.59. The summed E-state index contributed by atoms with van der Waals surface area (Å²) in [5.41, 5.74) is 9.45. The number of nitrogens with one attached hydrogen (secondary N) is 1. The van der Waals surface area contributed by atoms with Crippen molar-refractivity contribution in [2.45, 2.75) is 19.3 Å². The minimum Gasteiger partial charge on any atom is -0.355 e. The SMILES string of the molecule is CC1(C)c2cc(-c3cccnc3)ccc2Nc2ccc(-c3cccnc3)cc21. The number of nitrogens with zero attached hydrogens (tertiary/aromatic N) is 2. The summed E-state index contributed by atoms with van der Waals surface area (Å²) >= 11 is 0. The predicted octanol–water partition coefficient (Wildman–Crippen LogP) is 6.19. The average molecular weight is 363 g/mol. The molecule has 0 radical (unpaired) electrons. The summed E-state index contributed by atoms with van der Waals surface area (Å²) in [6.07, 6.45) is 7.45. The maximum Gasteiger partial charge on any atom is 0.0426 e. The van der Waals surface area contributed by atoms with Gasteiger partial charge in [0.15, 0.2) is 0 Å². The van der Waals surface area contributed by atoms with Gasteiger partial charge in [-0.05, 0) is 69.8 Å². The fourth-order valence-corrected chi connectivity index (χ4v) is 4.06. The highest BCUT2D eigenvalue weighted by Gasteiger charge is 2.33. The first-order valence-corrected chi connectivity index (χ1v) is 9.50. The van der Waals surface area contributed by atoms with E-state index in [1.54, 1.807) is 0 Å². The van der Waals surface area contributed by atoms with Crippen LogP contribution in [0.15, 0.2) is 85.5 Å². The van der Waals surface area contributed by atoms with Gasteiger partial charge in [0.25, 0.3) is 0 Å². The fraction of sp³-hybridized carbons (Fsp3) is 0.120. The number of hydrogen-bond acceptors (Lipinski definition) is 3. The number of fused-ring (bicyclic) bond motifs is 2. The van der Waals surface area contributed by atoms with E-state index in [2.05, 4.69) is 77.7 Å². The minimum atomic E-state index is -0.119. The largest absolute Gasteiger partial charge is 0.355 e. The topological polar surface area (TPSA) is 37.8 Å². The molecule has 3 heteroatoms. The van der Waals surface area contributed by atoms with Crippen LogP contribution in [0.5, 0.6) is 0 Å². The number of rotatable bonds is 2. The van der Waals surface area contributed by atoms with Crippen LogP contribution in [0.4, 0.5) is 11.4 Å². The molecule has 0 saturated carbocycles. The predicted molar refractivity (Wildman–Crippen MR) is 115 cm³/mol. The molecule has 0 spiro atoms. The molecule has 0 aliphatic carbocycles. The van der Waals surface area contributed by atoms with E-state index in [1.807, 2.05) is 36.9 Å². The van der Waals surface area contributed by atoms with Crippen molar-refractivity contribution in [3.8, 4) is 22.3 Å². The average Bonchev–Trinajstić information content (AvgIpc) is 2.75. The highest BCUT2D eigenvalue weighted by Crippen LogP contribution is 2.47. The lowest BCUT2D eigenvalue weighted by Crippen LogP contribution is -2.26. The molecule has 5 rings (SSSR count). The molecular formula is C25H21N3. The fourth-order valence-electron chi connectivity index (χ4n) is 4.06. The lowest BCUT2D eigenvalue weighted by molar-refractivity contribution is 0.638. The molecule has 2 aromatic carbocycles. The molecule has 0 saturated heterocycles. The lowest BCUT2D eigenvalue weighted by atomic mass is 9.73. The number of hydrogen-bond donors (Lipinski definition) is 1. The van der Waals surface area contributed by atoms with Crippen LogP contribution in [-0.2, 0) is 5.41 Å². The van der Waals surface area contributed by atoms with Crippen LogP contribution < -0.4 is 5.32 Å². The molecular weight excluding hydrogens is 342 g/mol. The van der Waals surface area contributed by atoms with Crippen molar-refractivity contribution < 1.29 is 0 Å². The Hall–Kier alpha value is -3.46. The van der Waals surface area contributed by atoms with E-state index in [9.17, 15) is 0 Å². The third-order valence-corrected chi connectivity index (χ3v) is 5.64. The van der Waals surface area contributed by atoms with Gasteiger partial charge in [-0.2, -0.15) is 0 Å². The van der Waals surface area contributed by atoms with Gasteiger partial charge in [0.1, 0.15) is 0 Å². The van der Waals surface area contributed by atoms with Crippen molar-refractivity contribution >= 4 is 11.4 Å². The van der Waals surface area contributed by atoms with Gasteiger partial charge in [-0.1, -0.05) is 38.1 Å². The molecule has 136 valence electrons. The summed E-state index contributed by atoms with van der Waals surface area (Å²) < 4.78 is 0. The van der Waals surface area contributed by atoms with Gasteiger partial charge in [-0.3, -0.25) is 9.97 Å². The Morgan fingerprint density at radius 3 is 1.57 bits per heavy atom. The zero-order valence-electron chi connectivity index (χ0n) is 16.0. The second-order valence-corrected chi connectivity index (χ2v) is 7.75. The maximum atomic E-state index is 4.27. The summed E-state index contributed by atoms with van der Waals surface area (Å²) in [6, 6.07) is 21.4. The van der Waals surface area contributed by atoms with Crippen LogP contribution in [-0.4, -0.2) is 9.97 Å². The third kappa shape index (κ3) is 2.67. The van der Waals surface area contributed by atoms with E-state index in [1.165, 1.54) is 33.6 Å². The molecule has 1 N–H and O–H groups in total. The summed E-state index contributed by atoms with van der Waals surface area (Å²) in [7, 11) is 0. The molecule has 3 heterocycles. The van der Waals surface area contributed by atoms with Gasteiger partial charge in [0.05, 0.1) is 0 Å². The standard InChI is InChI=1S/C25H21N3/c1-25(2)21-13-17(19-5-3-11-26-15-19)7-9-23(21)28-24-10-8-18(14-22(24)25)20-6-4-12-27-16-20/h3-16,28H,1-2H3. The quantitative estimate of drug-likeness (QED) is 0.461. The number of anilines is 2. The number of aromatic nitrogens is 2. The van der Waals surface area contributed by atoms with Crippen LogP contribution in [0.1, 0.15) is 25.0 Å². The van der Waals surface area contributed by atoms with Crippen LogP contribution in [0.2, 0.25) is 0 Å². The molecule has 3 nitrogen and oxygen atoms in total. The summed E-state index contributed by atoms with van der Waals surface area (Å²) in [4.78, 5) is 8.54. The van der Waals surface area contributed by atoms with E-state index in [0.29, 0.717) is 0 Å². The lowest BCUT2D eigenvalue weighted by Gasteiger charge is -2.36. The first-order chi connectivity index (χ1) is 13.6. The van der Waals surface area contributed by atoms with Crippen LogP contribution >= 0.6 is 0 Å². The third-order valence-electron chi connectivity index (χ3n) is 5.64. The maximum absolute atomic E-state index is 4.27. The van der Waals surface area contributed by atoms with Crippen LogP contribution in [0, 0.1) is 0 Å². The Bertz CT molecular complexity index is 1060. The molecule has 1 aliphatic heterocycles. The molecule has 4 aromatic rings. The molecule has 0 fully saturated rings. The Morgan fingerprint density at radius 1 is 0.643 bits per heavy atom. The van der Waals surface area contributed by atoms with E-state index in [-0.39, 0.29) is 5.41 Å². The van der Waals surface area contributed by atoms with Crippen LogP contribution in [0.3, 0.4) is 0 Å². The Morgan fingerprint density at radius 2 is 1.14 bits per heavy atom. The second-order valence-electron chi connectivity index (χ2n) is 7.75. The van der Waals surface area contributed by atoms with Crippen LogP contribution in [0.25, 0.3) is 22.3 Å². The first-order valence-electron chi connectivity index (χ1n) is 9.50. The number of pyridine rings is 2. The van der Waals surface area contributed by atoms with E-state index in [0.717, 1.165) is 11.1 Å². The van der Waals surface area contributed by atoms with E-state index >= 15 is 0 Å².